The predicted molar refractivity (Wildman–Crippen MR) is 227 cm³/mol. The molecule has 6 atom stereocenters. The van der Waals surface area contributed by atoms with Gasteiger partial charge in [-0.15, -0.1) is 0 Å². The molecule has 2 aromatic rings. The summed E-state index contributed by atoms with van der Waals surface area (Å²) >= 11 is 6.53. The number of piperidine rings is 1. The second-order valence-electron chi connectivity index (χ2n) is 16.0. The van der Waals surface area contributed by atoms with Crippen molar-refractivity contribution in [2.45, 2.75) is 115 Å². The number of nitrogens with one attached hydrogen (secondary N) is 1. The molecule has 306 valence electrons. The Morgan fingerprint density at radius 3 is 2.69 bits per heavy atom. The lowest BCUT2D eigenvalue weighted by Gasteiger charge is -2.51. The van der Waals surface area contributed by atoms with Crippen LogP contribution in [-0.4, -0.2) is 91.6 Å². The van der Waals surface area contributed by atoms with E-state index in [0.29, 0.717) is 49.8 Å². The number of hydrogen-bond donors (Lipinski definition) is 2. The Bertz CT molecular complexity index is 1590. The second kappa shape index (κ2) is 21.3. The van der Waals surface area contributed by atoms with Gasteiger partial charge in [0.15, 0.2) is 0 Å². The highest BCUT2D eigenvalue weighted by molar-refractivity contribution is 7.84. The van der Waals surface area contributed by atoms with Crippen LogP contribution in [0, 0.1) is 11.8 Å². The lowest BCUT2D eigenvalue weighted by atomic mass is 9.62. The van der Waals surface area contributed by atoms with E-state index in [0.717, 1.165) is 87.6 Å². The van der Waals surface area contributed by atoms with Crippen molar-refractivity contribution in [3.63, 3.8) is 0 Å². The number of likely N-dealkylation sites (tertiary alicyclic amines) is 1. The van der Waals surface area contributed by atoms with Crippen LogP contribution in [0.5, 0.6) is 5.75 Å². The molecule has 3 N–H and O–H groups in total. The number of nitrogens with zero attached hydrogens (tertiary/aromatic N) is 2. The van der Waals surface area contributed by atoms with E-state index < -0.39 is 16.6 Å². The number of aryl methyl sites for hydroxylation is 1. The third-order valence-electron chi connectivity index (χ3n) is 12.0. The number of carbonyl (C=O) groups is 1. The number of hydrogen-bond acceptors (Lipinski definition) is 8. The smallest absolute Gasteiger partial charge is 0.263 e. The van der Waals surface area contributed by atoms with Crippen LogP contribution in [0.4, 0.5) is 5.69 Å². The summed E-state index contributed by atoms with van der Waals surface area (Å²) in [5.74, 6) is 1.18. The first-order valence-electron chi connectivity index (χ1n) is 20.9. The summed E-state index contributed by atoms with van der Waals surface area (Å²) in [7, 11) is 0.260. The van der Waals surface area contributed by atoms with Crippen LogP contribution in [0.3, 0.4) is 0 Å². The minimum absolute atomic E-state index is 0.0954. The van der Waals surface area contributed by atoms with Crippen LogP contribution in [0.25, 0.3) is 0 Å². The van der Waals surface area contributed by atoms with Gasteiger partial charge in [0.1, 0.15) is 16.7 Å². The fourth-order valence-electron chi connectivity index (χ4n) is 8.93. The van der Waals surface area contributed by atoms with Crippen molar-refractivity contribution < 1.29 is 23.2 Å². The SMILES string of the molecule is CC/C=C/[C@](CCC1CCCCN1CCN)(OCCOC)C1CCC1CN1CC(c2ccc(Cl)cc2CCC)COc2ccc(C(=O)NS(=O)C(C)C)cc21. The molecule has 2 fully saturated rings. The molecular formula is C44H67ClN4O5S. The van der Waals surface area contributed by atoms with Crippen molar-refractivity contribution in [2.75, 3.05) is 64.6 Å². The van der Waals surface area contributed by atoms with Gasteiger partial charge in [0.2, 0.25) is 0 Å². The molecule has 2 heterocycles. The van der Waals surface area contributed by atoms with E-state index >= 15 is 0 Å². The Morgan fingerprint density at radius 2 is 1.98 bits per heavy atom. The summed E-state index contributed by atoms with van der Waals surface area (Å²) in [6.07, 6.45) is 15.5. The van der Waals surface area contributed by atoms with Crippen LogP contribution in [-0.2, 0) is 26.9 Å². The highest BCUT2D eigenvalue weighted by Crippen LogP contribution is 2.49. The Morgan fingerprint density at radius 1 is 1.15 bits per heavy atom. The van der Waals surface area contributed by atoms with E-state index in [-0.39, 0.29) is 17.1 Å². The van der Waals surface area contributed by atoms with Crippen LogP contribution in [0.2, 0.25) is 5.02 Å². The Balaban J connectivity index is 1.49. The summed E-state index contributed by atoms with van der Waals surface area (Å²) < 4.78 is 34.5. The van der Waals surface area contributed by atoms with Gasteiger partial charge in [-0.1, -0.05) is 56.5 Å². The van der Waals surface area contributed by atoms with Crippen molar-refractivity contribution in [1.82, 2.24) is 9.62 Å². The van der Waals surface area contributed by atoms with Gasteiger partial charge in [0.05, 0.1) is 31.1 Å². The number of amides is 1. The molecule has 1 saturated carbocycles. The van der Waals surface area contributed by atoms with Gasteiger partial charge in [-0.3, -0.25) is 14.4 Å². The molecule has 0 bridgehead atoms. The summed E-state index contributed by atoms with van der Waals surface area (Å²) in [6, 6.07) is 12.4. The number of rotatable bonds is 20. The first-order valence-corrected chi connectivity index (χ1v) is 22.5. The van der Waals surface area contributed by atoms with E-state index in [2.05, 4.69) is 52.7 Å². The molecule has 55 heavy (non-hydrogen) atoms. The molecule has 11 heteroatoms. The fourth-order valence-corrected chi connectivity index (χ4v) is 9.66. The number of nitrogens with two attached hydrogens (primary N) is 1. The minimum atomic E-state index is -1.48. The topological polar surface area (TPSA) is 106 Å². The molecule has 0 spiro atoms. The average molecular weight is 800 g/mol. The maximum absolute atomic E-state index is 13.4. The van der Waals surface area contributed by atoms with Crippen molar-refractivity contribution in [3.05, 3.63) is 70.3 Å². The van der Waals surface area contributed by atoms with Gasteiger partial charge in [0.25, 0.3) is 5.91 Å². The molecule has 1 saturated heterocycles. The van der Waals surface area contributed by atoms with Crippen molar-refractivity contribution in [1.29, 1.82) is 0 Å². The highest BCUT2D eigenvalue weighted by Gasteiger charge is 2.48. The molecular weight excluding hydrogens is 732 g/mol. The highest BCUT2D eigenvalue weighted by atomic mass is 35.5. The van der Waals surface area contributed by atoms with E-state index in [1.54, 1.807) is 13.2 Å². The fraction of sp³-hybridized carbons (Fsp3) is 0.659. The van der Waals surface area contributed by atoms with Gasteiger partial charge in [-0.05, 0) is 125 Å². The van der Waals surface area contributed by atoms with Crippen molar-refractivity contribution in [3.8, 4) is 5.75 Å². The maximum Gasteiger partial charge on any atom is 0.263 e. The van der Waals surface area contributed by atoms with Gasteiger partial charge < -0.3 is 24.8 Å². The van der Waals surface area contributed by atoms with E-state index in [1.165, 1.54) is 30.4 Å². The van der Waals surface area contributed by atoms with Crippen LogP contribution in [0.15, 0.2) is 48.6 Å². The summed E-state index contributed by atoms with van der Waals surface area (Å²) in [6.45, 7) is 14.0. The lowest BCUT2D eigenvalue weighted by molar-refractivity contribution is -0.115. The van der Waals surface area contributed by atoms with Crippen LogP contribution >= 0.6 is 11.6 Å². The molecule has 0 aromatic heterocycles. The number of anilines is 1. The predicted octanol–water partition coefficient (Wildman–Crippen LogP) is 8.06. The van der Waals surface area contributed by atoms with Crippen LogP contribution < -0.4 is 20.1 Å². The number of allylic oxidation sites excluding steroid dienone is 1. The number of benzene rings is 2. The number of ether oxygens (including phenoxy) is 3. The Kier molecular flexibility index (Phi) is 16.9. The van der Waals surface area contributed by atoms with Gasteiger partial charge >= 0.3 is 0 Å². The monoisotopic (exact) mass is 798 g/mol. The number of methoxy groups -OCH3 is 1. The molecule has 0 radical (unpaired) electrons. The lowest BCUT2D eigenvalue weighted by Crippen LogP contribution is -2.53. The molecule has 2 aliphatic heterocycles. The molecule has 1 aliphatic carbocycles. The number of fused-ring (bicyclic) bond motifs is 1. The maximum atomic E-state index is 13.4. The third kappa shape index (κ3) is 11.4. The standard InChI is InChI=1S/C44H67ClN4O5S/c1-6-8-20-44(54-26-25-52-5,21-19-38-12-9-10-23-48(38)24-22-46)40-17-13-35(40)29-49-30-36(39-16-15-37(45)27-33(39)11-7-2)31-53-42-18-14-34(28-41(42)49)43(50)47-55(51)32(3)4/h8,14-16,18,20,27-28,32,35-36,38,40H,6-7,9-13,17,19,21-26,29-31,46H2,1-5H3,(H,47,50)/b20-8+/t35?,36?,38?,40?,44-,55?/m1/s1. The van der Waals surface area contributed by atoms with E-state index in [1.807, 2.05) is 32.0 Å². The van der Waals surface area contributed by atoms with Gasteiger partial charge in [-0.25, -0.2) is 4.21 Å². The zero-order valence-corrected chi connectivity index (χ0v) is 35.6. The summed E-state index contributed by atoms with van der Waals surface area (Å²) in [5, 5.41) is 0.561. The zero-order chi connectivity index (χ0) is 39.4. The quantitative estimate of drug-likeness (QED) is 0.102. The molecule has 3 aliphatic rings. The second-order valence-corrected chi connectivity index (χ2v) is 18.2. The normalized spacial score (nSPS) is 23.5. The van der Waals surface area contributed by atoms with Crippen molar-refractivity contribution in [2.24, 2.45) is 17.6 Å². The third-order valence-corrected chi connectivity index (χ3v) is 13.4. The van der Waals surface area contributed by atoms with Gasteiger partial charge in [0, 0.05) is 61.1 Å². The Hall–Kier alpha value is -2.47. The van der Waals surface area contributed by atoms with Crippen LogP contribution in [0.1, 0.15) is 113 Å². The van der Waals surface area contributed by atoms with E-state index in [4.69, 9.17) is 31.5 Å². The first-order chi connectivity index (χ1) is 26.6. The Labute approximate surface area is 338 Å². The van der Waals surface area contributed by atoms with E-state index in [9.17, 15) is 9.00 Å². The number of halogens is 1. The summed E-state index contributed by atoms with van der Waals surface area (Å²) in [4.78, 5) is 18.5. The molecule has 2 aromatic carbocycles. The van der Waals surface area contributed by atoms with Gasteiger partial charge in [-0.2, -0.15) is 0 Å². The minimum Gasteiger partial charge on any atom is -0.491 e. The number of carbonyl (C=O) groups excluding carboxylic acids is 1. The molecule has 1 amide bonds. The zero-order valence-electron chi connectivity index (χ0n) is 34.0. The average Bonchev–Trinajstić information content (AvgIpc) is 3.34. The molecule has 9 nitrogen and oxygen atoms in total. The molecule has 5 rings (SSSR count). The largest absolute Gasteiger partial charge is 0.491 e. The van der Waals surface area contributed by atoms with Crippen molar-refractivity contribution >= 4 is 34.2 Å². The molecule has 5 unspecified atom stereocenters. The summed E-state index contributed by atoms with van der Waals surface area (Å²) in [5.41, 5.74) is 9.55. The first kappa shape index (κ1) is 43.6.